The average molecular weight is 578 g/mol. The number of methoxy groups -OCH3 is 1. The van der Waals surface area contributed by atoms with Gasteiger partial charge in [-0.25, -0.2) is 9.97 Å². The zero-order valence-corrected chi connectivity index (χ0v) is 23.5. The molecule has 0 unspecified atom stereocenters. The van der Waals surface area contributed by atoms with Gasteiger partial charge < -0.3 is 14.6 Å². The van der Waals surface area contributed by atoms with Crippen LogP contribution in [0.1, 0.15) is 25.7 Å². The Morgan fingerprint density at radius 1 is 1.00 bits per heavy atom. The van der Waals surface area contributed by atoms with Gasteiger partial charge in [0.15, 0.2) is 5.78 Å². The third kappa shape index (κ3) is 5.91. The minimum atomic E-state index is -0.252. The maximum atomic E-state index is 13.3. The summed E-state index contributed by atoms with van der Waals surface area (Å²) in [6, 6.07) is 24.2. The first kappa shape index (κ1) is 26.9. The lowest BCUT2D eigenvalue weighted by atomic mass is 10.1. The Kier molecular flexibility index (Phi) is 7.73. The first-order chi connectivity index (χ1) is 20.6. The molecule has 0 saturated heterocycles. The maximum Gasteiger partial charge on any atom is 0.268 e. The molecule has 0 aliphatic carbocycles. The summed E-state index contributed by atoms with van der Waals surface area (Å²) in [4.78, 5) is 36.7. The molecule has 0 bridgehead atoms. The highest BCUT2D eigenvalue weighted by atomic mass is 32.1. The molecule has 6 rings (SSSR count). The molecule has 0 saturated carbocycles. The van der Waals surface area contributed by atoms with Gasteiger partial charge in [0.05, 0.1) is 35.8 Å². The van der Waals surface area contributed by atoms with Crippen LogP contribution in [0.15, 0.2) is 91.3 Å². The van der Waals surface area contributed by atoms with Crippen molar-refractivity contribution in [3.63, 3.8) is 0 Å². The Labute approximate surface area is 245 Å². The Morgan fingerprint density at radius 2 is 1.88 bits per heavy atom. The molecular formula is C31H27N7O3S. The summed E-state index contributed by atoms with van der Waals surface area (Å²) in [5.41, 5.74) is 4.71. The third-order valence-electron chi connectivity index (χ3n) is 6.72. The Morgan fingerprint density at radius 3 is 2.69 bits per heavy atom. The number of carbonyl (C=O) groups is 2. The number of hydrogen-bond donors (Lipinski definition) is 3. The molecule has 0 spiro atoms. The largest absolute Gasteiger partial charge is 0.481 e. The molecule has 0 atom stereocenters. The topological polar surface area (TPSA) is 127 Å². The number of hydrogen-bond acceptors (Lipinski definition) is 8. The van der Waals surface area contributed by atoms with Crippen LogP contribution in [0.2, 0.25) is 0 Å². The predicted molar refractivity (Wildman–Crippen MR) is 163 cm³/mol. The fraction of sp³-hybridized carbons (Fsp3) is 0.129. The van der Waals surface area contributed by atoms with Gasteiger partial charge in [0.1, 0.15) is 0 Å². The summed E-state index contributed by atoms with van der Waals surface area (Å²) in [5, 5.41) is 13.0. The first-order valence-corrected chi connectivity index (χ1v) is 14.1. The van der Waals surface area contributed by atoms with Crippen LogP contribution < -0.4 is 15.4 Å². The SMILES string of the molecule is COc1cccc(CCn2c(NC(=O)c3ccc(-c4cn[nH]c4)s3)nc3cc(NCC(=O)c4ccccc4)ccc32)n1. The van der Waals surface area contributed by atoms with Crippen LogP contribution in [0, 0.1) is 0 Å². The number of thiophene rings is 1. The van der Waals surface area contributed by atoms with Crippen molar-refractivity contribution in [2.24, 2.45) is 0 Å². The van der Waals surface area contributed by atoms with Crippen LogP contribution in [-0.4, -0.2) is 50.1 Å². The van der Waals surface area contributed by atoms with Crippen LogP contribution in [-0.2, 0) is 13.0 Å². The molecular weight excluding hydrogens is 550 g/mol. The first-order valence-electron chi connectivity index (χ1n) is 13.3. The van der Waals surface area contributed by atoms with Crippen molar-refractivity contribution in [3.05, 3.63) is 107 Å². The number of amides is 1. The van der Waals surface area contributed by atoms with Gasteiger partial charge in [-0.15, -0.1) is 11.3 Å². The number of benzene rings is 2. The summed E-state index contributed by atoms with van der Waals surface area (Å²) in [6.07, 6.45) is 4.11. The van der Waals surface area contributed by atoms with E-state index in [-0.39, 0.29) is 18.2 Å². The number of nitrogens with one attached hydrogen (secondary N) is 3. The highest BCUT2D eigenvalue weighted by molar-refractivity contribution is 7.17. The molecule has 3 N–H and O–H groups in total. The zero-order chi connectivity index (χ0) is 28.9. The normalized spacial score (nSPS) is 11.0. The van der Waals surface area contributed by atoms with Crippen LogP contribution in [0.5, 0.6) is 5.88 Å². The van der Waals surface area contributed by atoms with E-state index in [1.54, 1.807) is 43.8 Å². The Bertz CT molecular complexity index is 1850. The number of rotatable bonds is 11. The summed E-state index contributed by atoms with van der Waals surface area (Å²) in [5.74, 6) is 0.709. The van der Waals surface area contributed by atoms with Crippen LogP contribution >= 0.6 is 11.3 Å². The highest BCUT2D eigenvalue weighted by Crippen LogP contribution is 2.29. The molecule has 2 aromatic carbocycles. The number of Topliss-reactive ketones (excluding diaryl/α,β-unsaturated/α-hetero) is 1. The smallest absolute Gasteiger partial charge is 0.268 e. The number of anilines is 2. The number of imidazole rings is 1. The molecule has 10 nitrogen and oxygen atoms in total. The highest BCUT2D eigenvalue weighted by Gasteiger charge is 2.18. The van der Waals surface area contributed by atoms with E-state index < -0.39 is 0 Å². The minimum Gasteiger partial charge on any atom is -0.481 e. The molecule has 6 aromatic rings. The lowest BCUT2D eigenvalue weighted by molar-refractivity contribution is 0.100. The van der Waals surface area contributed by atoms with Crippen LogP contribution in [0.3, 0.4) is 0 Å². The Hall–Kier alpha value is -5.29. The number of fused-ring (bicyclic) bond motifs is 1. The van der Waals surface area contributed by atoms with E-state index in [1.165, 1.54) is 11.3 Å². The van der Waals surface area contributed by atoms with Crippen molar-refractivity contribution >= 4 is 45.7 Å². The number of H-pyrrole nitrogens is 1. The second-order valence-corrected chi connectivity index (χ2v) is 10.5. The van der Waals surface area contributed by atoms with Crippen molar-refractivity contribution in [1.82, 2.24) is 24.7 Å². The number of aryl methyl sites for hydroxylation is 2. The molecule has 0 radical (unpaired) electrons. The van der Waals surface area contributed by atoms with E-state index in [2.05, 4.69) is 25.8 Å². The number of ketones is 1. The van der Waals surface area contributed by atoms with Gasteiger partial charge >= 0.3 is 0 Å². The van der Waals surface area contributed by atoms with Gasteiger partial charge in [0.25, 0.3) is 5.91 Å². The van der Waals surface area contributed by atoms with E-state index in [1.807, 2.05) is 59.2 Å². The average Bonchev–Trinajstić information content (AvgIpc) is 3.79. The molecule has 210 valence electrons. The van der Waals surface area contributed by atoms with Crippen molar-refractivity contribution < 1.29 is 14.3 Å². The molecule has 0 aliphatic heterocycles. The van der Waals surface area contributed by atoms with Gasteiger partial charge in [0, 0.05) is 52.6 Å². The quantitative estimate of drug-likeness (QED) is 0.169. The van der Waals surface area contributed by atoms with Crippen molar-refractivity contribution in [1.29, 1.82) is 0 Å². The molecule has 0 aliphatic rings. The monoisotopic (exact) mass is 577 g/mol. The molecule has 0 fully saturated rings. The molecule has 42 heavy (non-hydrogen) atoms. The number of carbonyl (C=O) groups excluding carboxylic acids is 2. The fourth-order valence-corrected chi connectivity index (χ4v) is 5.45. The van der Waals surface area contributed by atoms with E-state index >= 15 is 0 Å². The van der Waals surface area contributed by atoms with E-state index in [0.717, 1.165) is 27.3 Å². The van der Waals surface area contributed by atoms with Gasteiger partial charge in [-0.1, -0.05) is 36.4 Å². The summed E-state index contributed by atoms with van der Waals surface area (Å²) < 4.78 is 7.24. The molecule has 11 heteroatoms. The van der Waals surface area contributed by atoms with Crippen LogP contribution in [0.4, 0.5) is 11.6 Å². The minimum absolute atomic E-state index is 0.00861. The Balaban J connectivity index is 1.26. The van der Waals surface area contributed by atoms with Crippen LogP contribution in [0.25, 0.3) is 21.5 Å². The fourth-order valence-electron chi connectivity index (χ4n) is 4.57. The lowest BCUT2D eigenvalue weighted by Crippen LogP contribution is -2.15. The summed E-state index contributed by atoms with van der Waals surface area (Å²) >= 11 is 1.38. The van der Waals surface area contributed by atoms with E-state index in [0.29, 0.717) is 40.8 Å². The number of nitrogens with zero attached hydrogens (tertiary/aromatic N) is 4. The number of pyridine rings is 1. The molecule has 1 amide bonds. The van der Waals surface area contributed by atoms with Crippen molar-refractivity contribution in [2.45, 2.75) is 13.0 Å². The number of aromatic nitrogens is 5. The van der Waals surface area contributed by atoms with Crippen molar-refractivity contribution in [2.75, 3.05) is 24.3 Å². The maximum absolute atomic E-state index is 13.3. The molecule has 4 heterocycles. The molecule has 4 aromatic heterocycles. The van der Waals surface area contributed by atoms with E-state index in [4.69, 9.17) is 9.72 Å². The number of aromatic amines is 1. The van der Waals surface area contributed by atoms with E-state index in [9.17, 15) is 9.59 Å². The van der Waals surface area contributed by atoms with Crippen molar-refractivity contribution in [3.8, 4) is 16.3 Å². The predicted octanol–water partition coefficient (Wildman–Crippen LogP) is 5.68. The second-order valence-electron chi connectivity index (χ2n) is 9.46. The number of ether oxygens (including phenoxy) is 1. The zero-order valence-electron chi connectivity index (χ0n) is 22.7. The third-order valence-corrected chi connectivity index (χ3v) is 7.85. The van der Waals surface area contributed by atoms with Gasteiger partial charge in [-0.05, 0) is 36.4 Å². The summed E-state index contributed by atoms with van der Waals surface area (Å²) in [7, 11) is 1.59. The lowest BCUT2D eigenvalue weighted by Gasteiger charge is -2.11. The van der Waals surface area contributed by atoms with Gasteiger partial charge in [-0.2, -0.15) is 5.10 Å². The summed E-state index contributed by atoms with van der Waals surface area (Å²) in [6.45, 7) is 0.676. The van der Waals surface area contributed by atoms with Gasteiger partial charge in [0.2, 0.25) is 11.8 Å². The second kappa shape index (κ2) is 12.1. The standard InChI is InChI=1S/C31H27N7O3S/c1-41-29-9-5-8-22(35-29)14-15-38-25-11-10-23(32-19-26(39)20-6-3-2-4-7-20)16-24(25)36-31(38)37-30(40)28-13-12-27(42-28)21-17-33-34-18-21/h2-13,16-18,32H,14-15,19H2,1H3,(H,33,34)(H,36,37,40). The van der Waals surface area contributed by atoms with Gasteiger partial charge in [-0.3, -0.25) is 20.0 Å².